The lowest BCUT2D eigenvalue weighted by molar-refractivity contribution is -0.165. The molecule has 1 rings (SSSR count). The van der Waals surface area contributed by atoms with Gasteiger partial charge in [0.1, 0.15) is 6.10 Å². The Labute approximate surface area is 103 Å². The van der Waals surface area contributed by atoms with Crippen LogP contribution in [-0.2, 0) is 19.1 Å². The molecule has 0 aromatic heterocycles. The van der Waals surface area contributed by atoms with Gasteiger partial charge in [-0.25, -0.2) is 0 Å². The van der Waals surface area contributed by atoms with E-state index in [1.54, 1.807) is 0 Å². The summed E-state index contributed by atoms with van der Waals surface area (Å²) in [6, 6.07) is 0. The average molecular weight is 242 g/mol. The summed E-state index contributed by atoms with van der Waals surface area (Å²) in [7, 11) is 1.38. The third-order valence-corrected chi connectivity index (χ3v) is 3.49. The van der Waals surface area contributed by atoms with Crippen molar-refractivity contribution in [2.45, 2.75) is 52.1 Å². The second kappa shape index (κ2) is 6.62. The van der Waals surface area contributed by atoms with Crippen molar-refractivity contribution in [3.63, 3.8) is 0 Å². The number of hydrogen-bond donors (Lipinski definition) is 0. The van der Waals surface area contributed by atoms with Crippen molar-refractivity contribution in [1.82, 2.24) is 0 Å². The van der Waals surface area contributed by atoms with Crippen LogP contribution in [0.15, 0.2) is 0 Å². The van der Waals surface area contributed by atoms with Gasteiger partial charge in [-0.15, -0.1) is 0 Å². The van der Waals surface area contributed by atoms with E-state index in [1.807, 2.05) is 13.8 Å². The molecule has 4 heteroatoms. The van der Waals surface area contributed by atoms with Gasteiger partial charge in [0.25, 0.3) is 0 Å². The second-order valence-electron chi connectivity index (χ2n) is 4.70. The third kappa shape index (κ3) is 3.72. The minimum atomic E-state index is -0.294. The molecule has 0 radical (unpaired) electrons. The van der Waals surface area contributed by atoms with Crippen molar-refractivity contribution in [3.05, 3.63) is 0 Å². The van der Waals surface area contributed by atoms with E-state index in [2.05, 4.69) is 0 Å². The van der Waals surface area contributed by atoms with E-state index >= 15 is 0 Å². The molecule has 17 heavy (non-hydrogen) atoms. The van der Waals surface area contributed by atoms with Gasteiger partial charge in [-0.1, -0.05) is 20.3 Å². The predicted molar refractivity (Wildman–Crippen MR) is 63.3 cm³/mol. The van der Waals surface area contributed by atoms with Crippen LogP contribution in [0.25, 0.3) is 0 Å². The number of methoxy groups -OCH3 is 1. The molecule has 4 nitrogen and oxygen atoms in total. The van der Waals surface area contributed by atoms with E-state index in [9.17, 15) is 9.59 Å². The van der Waals surface area contributed by atoms with Gasteiger partial charge in [0, 0.05) is 0 Å². The Morgan fingerprint density at radius 3 is 2.53 bits per heavy atom. The number of carbonyl (C=O) groups excluding carboxylic acids is 2. The lowest BCUT2D eigenvalue weighted by Crippen LogP contribution is -2.37. The SMILES string of the molecule is CC[C@H](C)C(=O)O[C@H]1CCCC[C@@H]1C(=O)OC. The highest BCUT2D eigenvalue weighted by molar-refractivity contribution is 5.75. The zero-order valence-corrected chi connectivity index (χ0v) is 10.9. The molecule has 0 unspecified atom stereocenters. The monoisotopic (exact) mass is 242 g/mol. The molecule has 0 aromatic carbocycles. The molecule has 0 N–H and O–H groups in total. The van der Waals surface area contributed by atoms with E-state index in [-0.39, 0.29) is 29.9 Å². The van der Waals surface area contributed by atoms with Gasteiger partial charge in [0.2, 0.25) is 0 Å². The summed E-state index contributed by atoms with van der Waals surface area (Å²) in [6.07, 6.45) is 3.99. The lowest BCUT2D eigenvalue weighted by atomic mass is 9.86. The smallest absolute Gasteiger partial charge is 0.312 e. The highest BCUT2D eigenvalue weighted by Gasteiger charge is 2.35. The molecule has 98 valence electrons. The van der Waals surface area contributed by atoms with Crippen LogP contribution in [0.4, 0.5) is 0 Å². The van der Waals surface area contributed by atoms with Crippen LogP contribution in [0.1, 0.15) is 46.0 Å². The third-order valence-electron chi connectivity index (χ3n) is 3.49. The predicted octanol–water partition coefficient (Wildman–Crippen LogP) is 2.31. The fraction of sp³-hybridized carbons (Fsp3) is 0.846. The van der Waals surface area contributed by atoms with Crippen LogP contribution < -0.4 is 0 Å². The van der Waals surface area contributed by atoms with E-state index in [0.29, 0.717) is 0 Å². The Balaban J connectivity index is 2.59. The standard InChI is InChI=1S/C13H22O4/c1-4-9(2)12(14)17-11-8-6-5-7-10(11)13(15)16-3/h9-11H,4-8H2,1-3H3/t9-,10-,11-/m0/s1. The summed E-state index contributed by atoms with van der Waals surface area (Å²) in [6.45, 7) is 3.79. The Morgan fingerprint density at radius 1 is 1.29 bits per heavy atom. The van der Waals surface area contributed by atoms with Gasteiger partial charge < -0.3 is 9.47 Å². The van der Waals surface area contributed by atoms with Gasteiger partial charge in [-0.05, 0) is 25.7 Å². The van der Waals surface area contributed by atoms with Crippen molar-refractivity contribution in [2.24, 2.45) is 11.8 Å². The summed E-state index contributed by atoms with van der Waals surface area (Å²) in [5, 5.41) is 0. The number of ether oxygens (including phenoxy) is 2. The van der Waals surface area contributed by atoms with E-state index < -0.39 is 0 Å². The second-order valence-corrected chi connectivity index (χ2v) is 4.70. The van der Waals surface area contributed by atoms with Crippen molar-refractivity contribution in [2.75, 3.05) is 7.11 Å². The van der Waals surface area contributed by atoms with E-state index in [0.717, 1.165) is 32.1 Å². The first kappa shape index (κ1) is 14.0. The lowest BCUT2D eigenvalue weighted by Gasteiger charge is -2.29. The number of hydrogen-bond acceptors (Lipinski definition) is 4. The minimum absolute atomic E-state index is 0.102. The molecular formula is C13H22O4. The van der Waals surface area contributed by atoms with Gasteiger partial charge in [-0.2, -0.15) is 0 Å². The minimum Gasteiger partial charge on any atom is -0.469 e. The van der Waals surface area contributed by atoms with Crippen LogP contribution in [0.3, 0.4) is 0 Å². The summed E-state index contributed by atoms with van der Waals surface area (Å²) in [5.41, 5.74) is 0. The normalized spacial score (nSPS) is 26.1. The summed E-state index contributed by atoms with van der Waals surface area (Å²) in [4.78, 5) is 23.3. The first-order valence-electron chi connectivity index (χ1n) is 6.38. The number of rotatable bonds is 4. The first-order valence-corrected chi connectivity index (χ1v) is 6.38. The maximum atomic E-state index is 11.7. The molecule has 0 aliphatic heterocycles. The first-order chi connectivity index (χ1) is 8.10. The Bertz CT molecular complexity index is 275. The average Bonchev–Trinajstić information content (AvgIpc) is 2.37. The quantitative estimate of drug-likeness (QED) is 0.710. The Kier molecular flexibility index (Phi) is 5.45. The summed E-state index contributed by atoms with van der Waals surface area (Å²) in [5.74, 6) is -0.836. The molecule has 0 amide bonds. The van der Waals surface area contributed by atoms with Gasteiger partial charge >= 0.3 is 11.9 Å². The maximum Gasteiger partial charge on any atom is 0.312 e. The summed E-state index contributed by atoms with van der Waals surface area (Å²) >= 11 is 0. The fourth-order valence-corrected chi connectivity index (χ4v) is 2.09. The molecule has 1 saturated carbocycles. The zero-order valence-electron chi connectivity index (χ0n) is 10.9. The van der Waals surface area contributed by atoms with Crippen molar-refractivity contribution < 1.29 is 19.1 Å². The fourth-order valence-electron chi connectivity index (χ4n) is 2.09. The van der Waals surface area contributed by atoms with Crippen molar-refractivity contribution in [3.8, 4) is 0 Å². The van der Waals surface area contributed by atoms with Crippen LogP contribution in [0.5, 0.6) is 0 Å². The Morgan fingerprint density at radius 2 is 1.94 bits per heavy atom. The molecule has 1 aliphatic rings. The summed E-state index contributed by atoms with van der Waals surface area (Å²) < 4.78 is 10.2. The van der Waals surface area contributed by atoms with E-state index in [1.165, 1.54) is 7.11 Å². The number of esters is 2. The van der Waals surface area contributed by atoms with Crippen molar-refractivity contribution in [1.29, 1.82) is 0 Å². The van der Waals surface area contributed by atoms with E-state index in [4.69, 9.17) is 9.47 Å². The highest BCUT2D eigenvalue weighted by atomic mass is 16.6. The zero-order chi connectivity index (χ0) is 12.8. The van der Waals surface area contributed by atoms with Crippen LogP contribution in [0, 0.1) is 11.8 Å². The molecular weight excluding hydrogens is 220 g/mol. The van der Waals surface area contributed by atoms with Crippen LogP contribution in [-0.4, -0.2) is 25.2 Å². The van der Waals surface area contributed by atoms with Gasteiger partial charge in [0.15, 0.2) is 0 Å². The van der Waals surface area contributed by atoms with Crippen LogP contribution >= 0.6 is 0 Å². The Hall–Kier alpha value is -1.06. The van der Waals surface area contributed by atoms with Crippen molar-refractivity contribution >= 4 is 11.9 Å². The molecule has 0 aromatic rings. The topological polar surface area (TPSA) is 52.6 Å². The number of carbonyl (C=O) groups is 2. The van der Waals surface area contributed by atoms with Gasteiger partial charge in [-0.3, -0.25) is 9.59 Å². The van der Waals surface area contributed by atoms with Gasteiger partial charge in [0.05, 0.1) is 18.9 Å². The van der Waals surface area contributed by atoms with Crippen LogP contribution in [0.2, 0.25) is 0 Å². The highest BCUT2D eigenvalue weighted by Crippen LogP contribution is 2.28. The molecule has 0 saturated heterocycles. The largest absolute Gasteiger partial charge is 0.469 e. The molecule has 0 bridgehead atoms. The molecule has 3 atom stereocenters. The molecule has 1 aliphatic carbocycles. The molecule has 1 fully saturated rings. The molecule has 0 heterocycles. The molecule has 0 spiro atoms. The maximum absolute atomic E-state index is 11.7.